The summed E-state index contributed by atoms with van der Waals surface area (Å²) in [5.74, 6) is 2.32. The Morgan fingerprint density at radius 3 is 2.51 bits per heavy atom. The zero-order valence-electron chi connectivity index (χ0n) is 24.3. The molecule has 4 nitrogen and oxygen atoms in total. The van der Waals surface area contributed by atoms with E-state index in [4.69, 9.17) is 4.74 Å². The Morgan fingerprint density at radius 2 is 1.79 bits per heavy atom. The average molecular weight is 525 g/mol. The summed E-state index contributed by atoms with van der Waals surface area (Å²) in [6.45, 7) is 12.4. The van der Waals surface area contributed by atoms with E-state index in [0.29, 0.717) is 18.5 Å². The average Bonchev–Trinajstić information content (AvgIpc) is 3.78. The quantitative estimate of drug-likeness (QED) is 0.326. The van der Waals surface area contributed by atoms with Crippen molar-refractivity contribution in [2.45, 2.75) is 64.8 Å². The van der Waals surface area contributed by atoms with Crippen LogP contribution in [0.1, 0.15) is 67.1 Å². The Labute approximate surface area is 234 Å². The normalized spacial score (nSPS) is 23.4. The Bertz CT molecular complexity index is 1300. The number of benzene rings is 3. The highest BCUT2D eigenvalue weighted by Crippen LogP contribution is 2.45. The third-order valence-corrected chi connectivity index (χ3v) is 9.58. The highest BCUT2D eigenvalue weighted by Gasteiger charge is 2.44. The summed E-state index contributed by atoms with van der Waals surface area (Å²) in [6, 6.07) is 23.5. The molecule has 4 heteroatoms. The number of hydrogen-bond donors (Lipinski definition) is 1. The van der Waals surface area contributed by atoms with Crippen LogP contribution in [0.2, 0.25) is 0 Å². The van der Waals surface area contributed by atoms with E-state index in [0.717, 1.165) is 47.7 Å². The molecule has 0 spiro atoms. The molecule has 3 aromatic rings. The van der Waals surface area contributed by atoms with Crippen molar-refractivity contribution in [1.82, 2.24) is 10.2 Å². The first-order valence-electron chi connectivity index (χ1n) is 14.7. The molecule has 1 heterocycles. The number of hydrogen-bond acceptors (Lipinski definition) is 3. The van der Waals surface area contributed by atoms with Crippen molar-refractivity contribution >= 4 is 5.91 Å². The molecule has 39 heavy (non-hydrogen) atoms. The minimum atomic E-state index is 0.0136. The van der Waals surface area contributed by atoms with Gasteiger partial charge in [0, 0.05) is 24.7 Å². The lowest BCUT2D eigenvalue weighted by Gasteiger charge is -2.50. The van der Waals surface area contributed by atoms with Gasteiger partial charge in [0.2, 0.25) is 0 Å². The van der Waals surface area contributed by atoms with Crippen molar-refractivity contribution in [3.63, 3.8) is 0 Å². The molecule has 1 unspecified atom stereocenters. The lowest BCUT2D eigenvalue weighted by Crippen LogP contribution is -2.53. The molecule has 1 amide bonds. The molecule has 0 radical (unpaired) electrons. The van der Waals surface area contributed by atoms with Gasteiger partial charge in [-0.25, -0.2) is 0 Å². The van der Waals surface area contributed by atoms with Crippen LogP contribution in [-0.2, 0) is 11.8 Å². The summed E-state index contributed by atoms with van der Waals surface area (Å²) in [7, 11) is 1.69. The molecule has 1 saturated carbocycles. The minimum absolute atomic E-state index is 0.0136. The van der Waals surface area contributed by atoms with E-state index in [1.54, 1.807) is 7.11 Å². The van der Waals surface area contributed by atoms with Gasteiger partial charge in [-0.05, 0) is 115 Å². The fourth-order valence-corrected chi connectivity index (χ4v) is 6.39. The van der Waals surface area contributed by atoms with Crippen molar-refractivity contribution < 1.29 is 9.53 Å². The molecule has 3 atom stereocenters. The predicted octanol–water partition coefficient (Wildman–Crippen LogP) is 7.04. The van der Waals surface area contributed by atoms with Crippen molar-refractivity contribution in [2.24, 2.45) is 11.8 Å². The number of carbonyl (C=O) groups excluding carboxylic acids is 1. The first-order valence-corrected chi connectivity index (χ1v) is 14.7. The minimum Gasteiger partial charge on any atom is -0.497 e. The molecule has 5 rings (SSSR count). The first-order chi connectivity index (χ1) is 18.8. The summed E-state index contributed by atoms with van der Waals surface area (Å²) in [5, 5.41) is 3.16. The molecule has 0 bridgehead atoms. The van der Waals surface area contributed by atoms with E-state index in [1.165, 1.54) is 36.1 Å². The molecule has 1 aliphatic heterocycles. The number of aryl methyl sites for hydroxylation is 1. The van der Waals surface area contributed by atoms with Gasteiger partial charge in [0.05, 0.1) is 7.11 Å². The highest BCUT2D eigenvalue weighted by molar-refractivity contribution is 5.94. The second kappa shape index (κ2) is 11.6. The van der Waals surface area contributed by atoms with Crippen molar-refractivity contribution in [3.8, 4) is 16.9 Å². The maximum atomic E-state index is 13.2. The zero-order valence-corrected chi connectivity index (χ0v) is 24.3. The summed E-state index contributed by atoms with van der Waals surface area (Å²) in [5.41, 5.74) is 6.98. The molecular weight excluding hydrogens is 480 g/mol. The number of ether oxygens (including phenoxy) is 1. The second-order valence-electron chi connectivity index (χ2n) is 12.1. The molecule has 1 N–H and O–H groups in total. The van der Waals surface area contributed by atoms with E-state index in [-0.39, 0.29) is 11.3 Å². The fraction of sp³-hybridized carbons (Fsp3) is 0.457. The van der Waals surface area contributed by atoms with Crippen molar-refractivity contribution in [3.05, 3.63) is 89.0 Å². The van der Waals surface area contributed by atoms with Crippen LogP contribution in [0.25, 0.3) is 11.1 Å². The number of rotatable bonds is 9. The van der Waals surface area contributed by atoms with E-state index >= 15 is 0 Å². The van der Waals surface area contributed by atoms with Crippen LogP contribution in [0.15, 0.2) is 66.7 Å². The maximum Gasteiger partial charge on any atom is 0.251 e. The first kappa shape index (κ1) is 27.5. The smallest absolute Gasteiger partial charge is 0.251 e. The van der Waals surface area contributed by atoms with Crippen LogP contribution < -0.4 is 10.1 Å². The summed E-state index contributed by atoms with van der Waals surface area (Å²) < 4.78 is 5.35. The fourth-order valence-electron chi connectivity index (χ4n) is 6.39. The van der Waals surface area contributed by atoms with Gasteiger partial charge in [-0.3, -0.25) is 4.79 Å². The number of nitrogens with one attached hydrogen (secondary N) is 1. The topological polar surface area (TPSA) is 41.6 Å². The molecule has 2 fully saturated rings. The third-order valence-electron chi connectivity index (χ3n) is 9.58. The summed E-state index contributed by atoms with van der Waals surface area (Å²) in [6.07, 6.45) is 4.74. The number of amides is 1. The molecule has 1 saturated heterocycles. The Hall–Kier alpha value is -3.11. The number of methoxy groups -OCH3 is 1. The van der Waals surface area contributed by atoms with Gasteiger partial charge in [0.25, 0.3) is 5.91 Å². The number of carbonyl (C=O) groups is 1. The lowest BCUT2D eigenvalue weighted by atomic mass is 9.64. The monoisotopic (exact) mass is 524 g/mol. The maximum absolute atomic E-state index is 13.2. The number of piperidine rings is 1. The van der Waals surface area contributed by atoms with Crippen LogP contribution in [0.3, 0.4) is 0 Å². The van der Waals surface area contributed by atoms with Gasteiger partial charge in [0.1, 0.15) is 5.75 Å². The van der Waals surface area contributed by atoms with Gasteiger partial charge >= 0.3 is 0 Å². The molecule has 2 aliphatic rings. The van der Waals surface area contributed by atoms with Gasteiger partial charge < -0.3 is 15.0 Å². The van der Waals surface area contributed by atoms with Gasteiger partial charge in [-0.2, -0.15) is 0 Å². The van der Waals surface area contributed by atoms with Crippen LogP contribution in [0, 0.1) is 18.8 Å². The van der Waals surface area contributed by atoms with E-state index < -0.39 is 0 Å². The lowest BCUT2D eigenvalue weighted by molar-refractivity contribution is 0.0495. The zero-order chi connectivity index (χ0) is 27.6. The van der Waals surface area contributed by atoms with Crippen LogP contribution in [0.5, 0.6) is 5.75 Å². The van der Waals surface area contributed by atoms with Crippen molar-refractivity contribution in [1.29, 1.82) is 0 Å². The molecular formula is C35H44N2O2. The Kier molecular flexibility index (Phi) is 8.13. The molecule has 0 aromatic heterocycles. The second-order valence-corrected chi connectivity index (χ2v) is 12.1. The van der Waals surface area contributed by atoms with E-state index in [2.05, 4.69) is 80.4 Å². The SMILES string of the molecule is COc1cccc(-c2ccc(CCNC(=O)c3ccc(C)c(C4(C)CCN(CC5CC5)[C@H](C)[C@@H]4C)c3)cc2)c1. The summed E-state index contributed by atoms with van der Waals surface area (Å²) in [4.78, 5) is 15.9. The molecule has 3 aromatic carbocycles. The highest BCUT2D eigenvalue weighted by atomic mass is 16.5. The Balaban J connectivity index is 1.20. The van der Waals surface area contributed by atoms with Gasteiger partial charge in [-0.15, -0.1) is 0 Å². The Morgan fingerprint density at radius 1 is 1.03 bits per heavy atom. The predicted molar refractivity (Wildman–Crippen MR) is 161 cm³/mol. The summed E-state index contributed by atoms with van der Waals surface area (Å²) >= 11 is 0. The standard InChI is InChI=1S/C35H44N2O2/c1-24-9-14-31(22-33(24)35(4)18-20-37(23-28-10-11-28)26(3)25(35)2)34(38)36-19-17-27-12-15-29(16-13-27)30-7-6-8-32(21-30)39-5/h6-9,12-16,21-22,25-26,28H,10-11,17-20,23H2,1-5H3,(H,36,38)/t25-,26+,35?/m0/s1. The molecule has 1 aliphatic carbocycles. The number of likely N-dealkylation sites (tertiary alicyclic amines) is 1. The van der Waals surface area contributed by atoms with E-state index in [1.807, 2.05) is 24.3 Å². The van der Waals surface area contributed by atoms with Crippen molar-refractivity contribution in [2.75, 3.05) is 26.7 Å². The van der Waals surface area contributed by atoms with Gasteiger partial charge in [-0.1, -0.05) is 56.3 Å². The number of nitrogens with zero attached hydrogens (tertiary/aromatic N) is 1. The van der Waals surface area contributed by atoms with Crippen LogP contribution >= 0.6 is 0 Å². The van der Waals surface area contributed by atoms with Gasteiger partial charge in [0.15, 0.2) is 0 Å². The molecule has 206 valence electrons. The van der Waals surface area contributed by atoms with E-state index in [9.17, 15) is 4.79 Å². The van der Waals surface area contributed by atoms with Crippen LogP contribution in [-0.4, -0.2) is 43.6 Å². The third kappa shape index (κ3) is 6.06. The largest absolute Gasteiger partial charge is 0.497 e. The van der Waals surface area contributed by atoms with Crippen LogP contribution in [0.4, 0.5) is 0 Å².